The number of carbonyl (C=O) groups excluding carboxylic acids is 1. The number of unbranched alkanes of at least 4 members (excludes halogenated alkanes) is 13. The van der Waals surface area contributed by atoms with E-state index >= 15 is 0 Å². The van der Waals surface area contributed by atoms with Crippen LogP contribution < -0.4 is 5.73 Å². The van der Waals surface area contributed by atoms with Crippen molar-refractivity contribution in [3.63, 3.8) is 0 Å². The second kappa shape index (κ2) is 21.4. The van der Waals surface area contributed by atoms with Crippen LogP contribution in [-0.4, -0.2) is 48.7 Å². The van der Waals surface area contributed by atoms with Crippen LogP contribution in [0.15, 0.2) is 0 Å². The number of nitrogens with two attached hydrogens (primary N) is 1. The number of ether oxygens (including phenoxy) is 1. The monoisotopic (exact) mass is 323 g/mol. The first kappa shape index (κ1) is 24.7. The molecule has 0 heterocycles. The molecular weight excluding hydrogens is 285 g/mol. The van der Waals surface area contributed by atoms with Gasteiger partial charge in [0.2, 0.25) is 0 Å². The van der Waals surface area contributed by atoms with Crippen LogP contribution >= 0.6 is 0 Å². The Labute approximate surface area is 160 Å². The predicted octanol–water partition coefficient (Wildman–Crippen LogP) is 4.32. The Morgan fingerprint density at radius 1 is 0.727 bits per heavy atom. The van der Waals surface area contributed by atoms with Gasteiger partial charge in [0, 0.05) is 0 Å². The fourth-order valence-corrected chi connectivity index (χ4v) is 2.54. The van der Waals surface area contributed by atoms with Gasteiger partial charge in [0.1, 0.15) is 0 Å². The summed E-state index contributed by atoms with van der Waals surface area (Å²) in [5.41, 5.74) is 5.16. The summed E-state index contributed by atoms with van der Waals surface area (Å²) >= 11 is 0. The summed E-state index contributed by atoms with van der Waals surface area (Å²) in [4.78, 5) is 10.8. The number of hydrogen-bond acceptors (Lipinski definition) is 3. The summed E-state index contributed by atoms with van der Waals surface area (Å²) in [6, 6.07) is 0. The molecule has 0 saturated heterocycles. The normalized spacial score (nSPS) is 10.3. The first-order chi connectivity index (χ1) is 10.3. The number of rotatable bonds is 16. The van der Waals surface area contributed by atoms with Gasteiger partial charge in [0.15, 0.2) is 0 Å². The van der Waals surface area contributed by atoms with Crippen LogP contribution in [-0.2, 0) is 9.53 Å². The van der Waals surface area contributed by atoms with Crippen molar-refractivity contribution in [2.24, 2.45) is 5.73 Å². The minimum absolute atomic E-state index is 0. The van der Waals surface area contributed by atoms with Crippen LogP contribution in [0.3, 0.4) is 0 Å². The van der Waals surface area contributed by atoms with Crippen LogP contribution in [0, 0.1) is 0 Å². The topological polar surface area (TPSA) is 52.3 Å². The summed E-state index contributed by atoms with van der Waals surface area (Å²) in [5.74, 6) is -0.287. The summed E-state index contributed by atoms with van der Waals surface area (Å²) in [6.45, 7) is 2.80. The number of esters is 1. The predicted molar refractivity (Wildman–Crippen MR) is 97.5 cm³/mol. The molecule has 0 unspecified atom stereocenters. The van der Waals surface area contributed by atoms with Gasteiger partial charge < -0.3 is 10.5 Å². The first-order valence-corrected chi connectivity index (χ1v) is 9.17. The molecule has 0 aliphatic heterocycles. The molecule has 4 heteroatoms. The van der Waals surface area contributed by atoms with Gasteiger partial charge >= 0.3 is 35.5 Å². The SMILES string of the molecule is CCCCCCCCCCCCCCCCOC(=O)CN.[NaH]. The van der Waals surface area contributed by atoms with E-state index in [1.54, 1.807) is 0 Å². The van der Waals surface area contributed by atoms with Crippen molar-refractivity contribution in [1.82, 2.24) is 0 Å². The van der Waals surface area contributed by atoms with Crippen LogP contribution in [0.25, 0.3) is 0 Å². The second-order valence-corrected chi connectivity index (χ2v) is 6.02. The van der Waals surface area contributed by atoms with Gasteiger partial charge in [-0.1, -0.05) is 90.4 Å². The Morgan fingerprint density at radius 3 is 1.45 bits per heavy atom. The molecule has 128 valence electrons. The molecule has 3 nitrogen and oxygen atoms in total. The molecular formula is C18H38NNaO2. The third-order valence-corrected chi connectivity index (χ3v) is 3.93. The Hall–Kier alpha value is 0.430. The van der Waals surface area contributed by atoms with E-state index in [0.29, 0.717) is 6.61 Å². The average Bonchev–Trinajstić information content (AvgIpc) is 2.50. The van der Waals surface area contributed by atoms with Crippen LogP contribution in [0.4, 0.5) is 0 Å². The van der Waals surface area contributed by atoms with Crippen molar-refractivity contribution in [2.45, 2.75) is 96.8 Å². The van der Waals surface area contributed by atoms with Gasteiger partial charge in [-0.15, -0.1) is 0 Å². The standard InChI is InChI=1S/C18H37NO2.Na.H/c1-2-3-4-5-6-7-8-9-10-11-12-13-14-15-16-21-18(20)17-19;;/h2-17,19H2,1H3;;. The first-order valence-electron chi connectivity index (χ1n) is 9.17. The Balaban J connectivity index is 0. The maximum atomic E-state index is 10.8. The van der Waals surface area contributed by atoms with Gasteiger partial charge in [-0.25, -0.2) is 0 Å². The molecule has 0 aliphatic rings. The van der Waals surface area contributed by atoms with E-state index in [-0.39, 0.29) is 42.1 Å². The minimum atomic E-state index is -0.287. The van der Waals surface area contributed by atoms with Crippen LogP contribution in [0.1, 0.15) is 96.8 Å². The van der Waals surface area contributed by atoms with E-state index in [1.807, 2.05) is 0 Å². The molecule has 0 aromatic rings. The van der Waals surface area contributed by atoms with Crippen molar-refractivity contribution >= 4 is 35.5 Å². The molecule has 0 aromatic heterocycles. The zero-order valence-electron chi connectivity index (χ0n) is 14.2. The maximum absolute atomic E-state index is 10.8. The van der Waals surface area contributed by atoms with Gasteiger partial charge in [0.25, 0.3) is 0 Å². The summed E-state index contributed by atoms with van der Waals surface area (Å²) in [7, 11) is 0. The molecule has 0 atom stereocenters. The second-order valence-electron chi connectivity index (χ2n) is 6.02. The Kier molecular flexibility index (Phi) is 24.0. The molecule has 0 saturated carbocycles. The molecule has 0 aliphatic carbocycles. The molecule has 0 fully saturated rings. The average molecular weight is 323 g/mol. The van der Waals surface area contributed by atoms with Crippen LogP contribution in [0.5, 0.6) is 0 Å². The molecule has 0 amide bonds. The molecule has 0 bridgehead atoms. The summed E-state index contributed by atoms with van der Waals surface area (Å²) in [5, 5.41) is 0. The van der Waals surface area contributed by atoms with E-state index in [0.717, 1.165) is 12.8 Å². The molecule has 0 radical (unpaired) electrons. The van der Waals surface area contributed by atoms with Crippen LogP contribution in [0.2, 0.25) is 0 Å². The van der Waals surface area contributed by atoms with Gasteiger partial charge in [-0.05, 0) is 6.42 Å². The number of carbonyl (C=O) groups is 1. The summed E-state index contributed by atoms with van der Waals surface area (Å²) < 4.78 is 4.93. The van der Waals surface area contributed by atoms with Crippen molar-refractivity contribution in [1.29, 1.82) is 0 Å². The quantitative estimate of drug-likeness (QED) is 0.261. The fourth-order valence-electron chi connectivity index (χ4n) is 2.54. The summed E-state index contributed by atoms with van der Waals surface area (Å²) in [6.07, 6.45) is 18.8. The molecule has 0 spiro atoms. The van der Waals surface area contributed by atoms with Crippen molar-refractivity contribution in [3.8, 4) is 0 Å². The van der Waals surface area contributed by atoms with E-state index in [9.17, 15) is 4.79 Å². The van der Waals surface area contributed by atoms with Gasteiger partial charge in [-0.3, -0.25) is 4.79 Å². The molecule has 0 aromatic carbocycles. The molecule has 2 N–H and O–H groups in total. The fraction of sp³-hybridized carbons (Fsp3) is 0.944. The van der Waals surface area contributed by atoms with E-state index < -0.39 is 0 Å². The van der Waals surface area contributed by atoms with Crippen molar-refractivity contribution in [3.05, 3.63) is 0 Å². The van der Waals surface area contributed by atoms with E-state index in [1.165, 1.54) is 77.0 Å². The zero-order valence-corrected chi connectivity index (χ0v) is 14.2. The molecule has 22 heavy (non-hydrogen) atoms. The van der Waals surface area contributed by atoms with Gasteiger partial charge in [0.05, 0.1) is 13.2 Å². The third-order valence-electron chi connectivity index (χ3n) is 3.93. The molecule has 0 rings (SSSR count). The zero-order chi connectivity index (χ0) is 15.6. The van der Waals surface area contributed by atoms with E-state index in [4.69, 9.17) is 10.5 Å². The van der Waals surface area contributed by atoms with E-state index in [2.05, 4.69) is 6.92 Å². The third kappa shape index (κ3) is 20.4. The van der Waals surface area contributed by atoms with Gasteiger partial charge in [-0.2, -0.15) is 0 Å². The van der Waals surface area contributed by atoms with Crippen molar-refractivity contribution < 1.29 is 9.53 Å². The Bertz CT molecular complexity index is 225. The van der Waals surface area contributed by atoms with Crippen molar-refractivity contribution in [2.75, 3.05) is 13.2 Å². The Morgan fingerprint density at radius 2 is 1.09 bits per heavy atom. The number of hydrogen-bond donors (Lipinski definition) is 1.